The zero-order chi connectivity index (χ0) is 22.4. The van der Waals surface area contributed by atoms with Crippen molar-refractivity contribution in [2.24, 2.45) is 11.8 Å². The summed E-state index contributed by atoms with van der Waals surface area (Å²) in [6, 6.07) is 4.89. The van der Waals surface area contributed by atoms with Crippen LogP contribution in [0.15, 0.2) is 24.3 Å². The zero-order valence-corrected chi connectivity index (χ0v) is 16.6. The number of hydrogen-bond donors (Lipinski definition) is 0. The summed E-state index contributed by atoms with van der Waals surface area (Å²) in [6.45, 7) is 5.36. The minimum Gasteiger partial charge on any atom is -0.422 e. The minimum atomic E-state index is -1.74. The normalized spacial score (nSPS) is 21.5. The summed E-state index contributed by atoms with van der Waals surface area (Å²) >= 11 is 0. The van der Waals surface area contributed by atoms with Crippen LogP contribution in [0.3, 0.4) is 0 Å². The van der Waals surface area contributed by atoms with Crippen molar-refractivity contribution in [3.05, 3.63) is 39.9 Å². The van der Waals surface area contributed by atoms with Gasteiger partial charge in [0.1, 0.15) is 0 Å². The highest BCUT2D eigenvalue weighted by Crippen LogP contribution is 2.42. The van der Waals surface area contributed by atoms with Crippen molar-refractivity contribution in [3.63, 3.8) is 0 Å². The van der Waals surface area contributed by atoms with Gasteiger partial charge in [-0.15, -0.1) is 0 Å². The third-order valence-electron chi connectivity index (χ3n) is 4.59. The molecule has 0 unspecified atom stereocenters. The lowest BCUT2D eigenvalue weighted by Crippen LogP contribution is -2.54. The second kappa shape index (κ2) is 7.08. The molecule has 0 spiro atoms. The SMILES string of the molecule is CC1(C)OC(=O)C(C(c2cccc([N+](=O)[O-])c2)C2C(=O)OC(C)(C)OC2=O)C(=O)O1. The molecule has 0 N–H and O–H groups in total. The molecule has 2 fully saturated rings. The van der Waals surface area contributed by atoms with Crippen molar-refractivity contribution in [3.8, 4) is 0 Å². The number of carbonyl (C=O) groups excluding carboxylic acids is 4. The maximum atomic E-state index is 12.7. The summed E-state index contributed by atoms with van der Waals surface area (Å²) in [4.78, 5) is 61.2. The fraction of sp³-hybridized carbons (Fsp3) is 0.474. The predicted molar refractivity (Wildman–Crippen MR) is 95.3 cm³/mol. The number of cyclic esters (lactones) is 4. The summed E-state index contributed by atoms with van der Waals surface area (Å²) in [7, 11) is 0. The first-order chi connectivity index (χ1) is 13.8. The monoisotopic (exact) mass is 421 g/mol. The van der Waals surface area contributed by atoms with E-state index in [0.29, 0.717) is 0 Å². The molecule has 2 aliphatic rings. The topological polar surface area (TPSA) is 148 Å². The molecule has 0 atom stereocenters. The van der Waals surface area contributed by atoms with Gasteiger partial charge in [-0.1, -0.05) is 12.1 Å². The van der Waals surface area contributed by atoms with E-state index in [1.54, 1.807) is 0 Å². The Morgan fingerprint density at radius 1 is 0.833 bits per heavy atom. The van der Waals surface area contributed by atoms with Gasteiger partial charge >= 0.3 is 23.9 Å². The fourth-order valence-electron chi connectivity index (χ4n) is 3.47. The fourth-order valence-corrected chi connectivity index (χ4v) is 3.47. The van der Waals surface area contributed by atoms with E-state index in [4.69, 9.17) is 18.9 Å². The Balaban J connectivity index is 2.13. The van der Waals surface area contributed by atoms with E-state index in [1.807, 2.05) is 0 Å². The highest BCUT2D eigenvalue weighted by molar-refractivity contribution is 6.03. The van der Waals surface area contributed by atoms with Crippen LogP contribution < -0.4 is 0 Å². The molecule has 11 nitrogen and oxygen atoms in total. The molecule has 0 radical (unpaired) electrons. The lowest BCUT2D eigenvalue weighted by molar-refractivity contribution is -0.385. The molecular formula is C19H19NO10. The van der Waals surface area contributed by atoms with Crippen LogP contribution in [0.25, 0.3) is 0 Å². The van der Waals surface area contributed by atoms with Crippen LogP contribution in [0.4, 0.5) is 5.69 Å². The van der Waals surface area contributed by atoms with Crippen LogP contribution in [-0.2, 0) is 38.1 Å². The molecule has 11 heteroatoms. The van der Waals surface area contributed by atoms with Gasteiger partial charge < -0.3 is 18.9 Å². The second-order valence-electron chi connectivity index (χ2n) is 7.82. The molecule has 2 aliphatic heterocycles. The number of hydrogen-bond acceptors (Lipinski definition) is 10. The smallest absolute Gasteiger partial charge is 0.324 e. The molecular weight excluding hydrogens is 402 g/mol. The van der Waals surface area contributed by atoms with Gasteiger partial charge in [0.25, 0.3) is 17.3 Å². The minimum absolute atomic E-state index is 0.00131. The van der Waals surface area contributed by atoms with Crippen LogP contribution in [0, 0.1) is 22.0 Å². The lowest BCUT2D eigenvalue weighted by Gasteiger charge is -2.40. The van der Waals surface area contributed by atoms with Crippen molar-refractivity contribution in [1.29, 1.82) is 0 Å². The number of rotatable bonds is 4. The van der Waals surface area contributed by atoms with Crippen molar-refractivity contribution in [2.45, 2.75) is 45.2 Å². The quantitative estimate of drug-likeness (QED) is 0.303. The Morgan fingerprint density at radius 3 is 1.60 bits per heavy atom. The molecule has 0 bridgehead atoms. The van der Waals surface area contributed by atoms with Crippen molar-refractivity contribution < 1.29 is 43.0 Å². The second-order valence-corrected chi connectivity index (χ2v) is 7.82. The summed E-state index contributed by atoms with van der Waals surface area (Å²) in [5.74, 6) is -12.3. The molecule has 2 saturated heterocycles. The van der Waals surface area contributed by atoms with Crippen LogP contribution >= 0.6 is 0 Å². The van der Waals surface area contributed by atoms with Crippen molar-refractivity contribution >= 4 is 29.6 Å². The molecule has 0 saturated carbocycles. The zero-order valence-electron chi connectivity index (χ0n) is 16.6. The first-order valence-electron chi connectivity index (χ1n) is 8.97. The van der Waals surface area contributed by atoms with Crippen LogP contribution in [0.5, 0.6) is 0 Å². The average Bonchev–Trinajstić information content (AvgIpc) is 2.57. The van der Waals surface area contributed by atoms with E-state index in [2.05, 4.69) is 0 Å². The molecule has 160 valence electrons. The van der Waals surface area contributed by atoms with Gasteiger partial charge in [0.15, 0.2) is 11.8 Å². The molecule has 1 aromatic carbocycles. The molecule has 2 heterocycles. The Kier molecular flexibility index (Phi) is 5.01. The maximum absolute atomic E-state index is 12.7. The molecule has 30 heavy (non-hydrogen) atoms. The predicted octanol–water partition coefficient (Wildman–Crippen LogP) is 1.58. The van der Waals surface area contributed by atoms with Gasteiger partial charge in [0.05, 0.1) is 4.92 Å². The van der Waals surface area contributed by atoms with E-state index in [1.165, 1.54) is 45.9 Å². The number of non-ortho nitro benzene ring substituents is 1. The standard InChI is InChI=1S/C19H19NO10/c1-18(2)27-14(21)12(15(22)28-18)11(9-6-5-7-10(8-9)20(25)26)13-16(23)29-19(3,4)30-17(13)24/h5-8,11-13H,1-4H3. The maximum Gasteiger partial charge on any atom is 0.324 e. The van der Waals surface area contributed by atoms with Gasteiger partial charge in [-0.25, -0.2) is 0 Å². The van der Waals surface area contributed by atoms with Crippen LogP contribution in [0.1, 0.15) is 39.2 Å². The molecule has 0 aliphatic carbocycles. The van der Waals surface area contributed by atoms with E-state index < -0.39 is 58.1 Å². The molecule has 0 amide bonds. The molecule has 1 aromatic rings. The summed E-state index contributed by atoms with van der Waals surface area (Å²) in [5, 5.41) is 11.2. The van der Waals surface area contributed by atoms with Gasteiger partial charge in [-0.3, -0.25) is 29.3 Å². The summed E-state index contributed by atoms with van der Waals surface area (Å²) in [5.41, 5.74) is -0.366. The number of carbonyl (C=O) groups is 4. The Morgan fingerprint density at radius 2 is 1.23 bits per heavy atom. The average molecular weight is 421 g/mol. The largest absolute Gasteiger partial charge is 0.422 e. The van der Waals surface area contributed by atoms with Crippen molar-refractivity contribution in [1.82, 2.24) is 0 Å². The van der Waals surface area contributed by atoms with Gasteiger partial charge in [-0.2, -0.15) is 0 Å². The summed E-state index contributed by atoms with van der Waals surface area (Å²) < 4.78 is 20.5. The highest BCUT2D eigenvalue weighted by Gasteiger charge is 2.56. The molecule has 0 aromatic heterocycles. The van der Waals surface area contributed by atoms with Crippen molar-refractivity contribution in [2.75, 3.05) is 0 Å². The number of ether oxygens (including phenoxy) is 4. The van der Waals surface area contributed by atoms with E-state index in [0.717, 1.165) is 6.07 Å². The number of nitrogens with zero attached hydrogens (tertiary/aromatic N) is 1. The number of nitro groups is 1. The van der Waals surface area contributed by atoms with Crippen LogP contribution in [0.2, 0.25) is 0 Å². The number of benzene rings is 1. The number of esters is 4. The highest BCUT2D eigenvalue weighted by atomic mass is 16.8. The van der Waals surface area contributed by atoms with E-state index in [-0.39, 0.29) is 11.3 Å². The van der Waals surface area contributed by atoms with Gasteiger partial charge in [0, 0.05) is 45.7 Å². The van der Waals surface area contributed by atoms with Gasteiger partial charge in [-0.05, 0) is 5.56 Å². The third-order valence-corrected chi connectivity index (χ3v) is 4.59. The first-order valence-corrected chi connectivity index (χ1v) is 8.97. The Labute approximate surface area is 170 Å². The third kappa shape index (κ3) is 3.95. The van der Waals surface area contributed by atoms with Gasteiger partial charge in [0.2, 0.25) is 0 Å². The summed E-state index contributed by atoms with van der Waals surface area (Å²) in [6.07, 6.45) is 0. The van der Waals surface area contributed by atoms with Crippen LogP contribution in [-0.4, -0.2) is 40.4 Å². The van der Waals surface area contributed by atoms with E-state index in [9.17, 15) is 29.3 Å². The lowest BCUT2D eigenvalue weighted by atomic mass is 9.75. The molecule has 3 rings (SSSR count). The Bertz CT molecular complexity index is 862. The van der Waals surface area contributed by atoms with E-state index >= 15 is 0 Å². The number of nitro benzene ring substituents is 1. The first kappa shape index (κ1) is 21.2. The Hall–Kier alpha value is -3.50.